The minimum atomic E-state index is -0.862. The minimum absolute atomic E-state index is 0.0468. The van der Waals surface area contributed by atoms with Crippen LogP contribution in [-0.2, 0) is 31.5 Å². The molecule has 0 saturated carbocycles. The van der Waals surface area contributed by atoms with E-state index in [1.165, 1.54) is 4.57 Å². The second-order valence-electron chi connectivity index (χ2n) is 7.87. The number of para-hydroxylation sites is 1. The fourth-order valence-corrected chi connectivity index (χ4v) is 3.69. The molecule has 0 aliphatic rings. The standard InChI is InChI=1S/C26H25N3O4/c1-28-24(27-23-10-6-5-9-22(23)26(28)32)18-33-21-13-11-20(12-14-21)16-29(17-25(30)31)15-19-7-3-2-4-8-19/h2-14H,15-18H2,1H3,(H,30,31). The zero-order valence-electron chi connectivity index (χ0n) is 18.3. The van der Waals surface area contributed by atoms with E-state index in [-0.39, 0.29) is 18.7 Å². The van der Waals surface area contributed by atoms with E-state index in [1.807, 2.05) is 77.7 Å². The van der Waals surface area contributed by atoms with Gasteiger partial charge in [0.1, 0.15) is 18.2 Å². The van der Waals surface area contributed by atoms with Gasteiger partial charge < -0.3 is 9.84 Å². The number of ether oxygens (including phenoxy) is 1. The van der Waals surface area contributed by atoms with Crippen LogP contribution in [0.3, 0.4) is 0 Å². The van der Waals surface area contributed by atoms with Gasteiger partial charge in [-0.25, -0.2) is 4.98 Å². The number of carbonyl (C=O) groups is 1. The Labute approximate surface area is 191 Å². The molecule has 4 rings (SSSR count). The van der Waals surface area contributed by atoms with E-state index in [0.717, 1.165) is 11.1 Å². The van der Waals surface area contributed by atoms with E-state index < -0.39 is 5.97 Å². The SMILES string of the molecule is Cn1c(COc2ccc(CN(CC(=O)O)Cc3ccccc3)cc2)nc2ccccc2c1=O. The van der Waals surface area contributed by atoms with Gasteiger partial charge in [0, 0.05) is 20.1 Å². The highest BCUT2D eigenvalue weighted by Crippen LogP contribution is 2.17. The molecule has 0 spiro atoms. The lowest BCUT2D eigenvalue weighted by Crippen LogP contribution is -2.28. The monoisotopic (exact) mass is 443 g/mol. The number of carboxylic acids is 1. The molecular formula is C26H25N3O4. The summed E-state index contributed by atoms with van der Waals surface area (Å²) >= 11 is 0. The molecule has 1 heterocycles. The molecule has 0 fully saturated rings. The number of nitrogens with zero attached hydrogens (tertiary/aromatic N) is 3. The summed E-state index contributed by atoms with van der Waals surface area (Å²) in [5.74, 6) is 0.326. The molecule has 0 unspecified atom stereocenters. The van der Waals surface area contributed by atoms with Crippen molar-refractivity contribution in [3.8, 4) is 5.75 Å². The third-order valence-corrected chi connectivity index (χ3v) is 5.38. The Bertz CT molecular complexity index is 1300. The fourth-order valence-electron chi connectivity index (χ4n) is 3.69. The van der Waals surface area contributed by atoms with E-state index in [2.05, 4.69) is 4.98 Å². The van der Waals surface area contributed by atoms with Gasteiger partial charge in [-0.3, -0.25) is 19.1 Å². The molecule has 3 aromatic carbocycles. The van der Waals surface area contributed by atoms with Gasteiger partial charge in [0.15, 0.2) is 0 Å². The summed E-state index contributed by atoms with van der Waals surface area (Å²) in [5.41, 5.74) is 2.58. The molecule has 33 heavy (non-hydrogen) atoms. The van der Waals surface area contributed by atoms with Crippen LogP contribution in [0, 0.1) is 0 Å². The molecular weight excluding hydrogens is 418 g/mol. The molecule has 168 valence electrons. The highest BCUT2D eigenvalue weighted by atomic mass is 16.5. The maximum atomic E-state index is 12.5. The van der Waals surface area contributed by atoms with Gasteiger partial charge in [-0.2, -0.15) is 0 Å². The maximum absolute atomic E-state index is 12.5. The third-order valence-electron chi connectivity index (χ3n) is 5.38. The summed E-state index contributed by atoms with van der Waals surface area (Å²) in [4.78, 5) is 30.3. The van der Waals surface area contributed by atoms with Crippen LogP contribution in [0.2, 0.25) is 0 Å². The highest BCUT2D eigenvalue weighted by Gasteiger charge is 2.12. The van der Waals surface area contributed by atoms with Crippen LogP contribution in [0.4, 0.5) is 0 Å². The summed E-state index contributed by atoms with van der Waals surface area (Å²) in [6.07, 6.45) is 0. The lowest BCUT2D eigenvalue weighted by atomic mass is 10.1. The molecule has 0 amide bonds. The second kappa shape index (κ2) is 10.1. The highest BCUT2D eigenvalue weighted by molar-refractivity contribution is 5.77. The zero-order valence-corrected chi connectivity index (χ0v) is 18.3. The normalized spacial score (nSPS) is 11.1. The summed E-state index contributed by atoms with van der Waals surface area (Å²) in [6.45, 7) is 1.17. The largest absolute Gasteiger partial charge is 0.486 e. The van der Waals surface area contributed by atoms with Crippen molar-refractivity contribution in [2.45, 2.75) is 19.7 Å². The van der Waals surface area contributed by atoms with Crippen LogP contribution in [0.25, 0.3) is 10.9 Å². The second-order valence-corrected chi connectivity index (χ2v) is 7.87. The van der Waals surface area contributed by atoms with Crippen LogP contribution in [0.5, 0.6) is 5.75 Å². The van der Waals surface area contributed by atoms with E-state index in [1.54, 1.807) is 13.1 Å². The smallest absolute Gasteiger partial charge is 0.317 e. The van der Waals surface area contributed by atoms with Crippen molar-refractivity contribution in [3.05, 3.63) is 106 Å². The first-order valence-electron chi connectivity index (χ1n) is 10.6. The van der Waals surface area contributed by atoms with Crippen molar-refractivity contribution in [2.24, 2.45) is 7.05 Å². The Balaban J connectivity index is 1.42. The Hall–Kier alpha value is -3.97. The number of rotatable bonds is 9. The van der Waals surface area contributed by atoms with Crippen LogP contribution >= 0.6 is 0 Å². The summed E-state index contributed by atoms with van der Waals surface area (Å²) in [7, 11) is 1.69. The molecule has 7 heteroatoms. The number of hydrogen-bond acceptors (Lipinski definition) is 5. The van der Waals surface area contributed by atoms with Crippen LogP contribution in [0.1, 0.15) is 17.0 Å². The number of carboxylic acid groups (broad SMARTS) is 1. The summed E-state index contributed by atoms with van der Waals surface area (Å²) in [6, 6.07) is 24.6. The predicted octanol–water partition coefficient (Wildman–Crippen LogP) is 3.60. The topological polar surface area (TPSA) is 84.7 Å². The van der Waals surface area contributed by atoms with Crippen molar-refractivity contribution in [3.63, 3.8) is 0 Å². The number of aliphatic carboxylic acids is 1. The molecule has 0 bridgehead atoms. The van der Waals surface area contributed by atoms with Gasteiger partial charge in [-0.1, -0.05) is 54.6 Å². The third kappa shape index (κ3) is 5.64. The van der Waals surface area contributed by atoms with Gasteiger partial charge in [0.2, 0.25) is 0 Å². The van der Waals surface area contributed by atoms with Crippen molar-refractivity contribution in [1.29, 1.82) is 0 Å². The molecule has 7 nitrogen and oxygen atoms in total. The van der Waals surface area contributed by atoms with Gasteiger partial charge >= 0.3 is 5.97 Å². The van der Waals surface area contributed by atoms with Gasteiger partial charge in [-0.05, 0) is 35.4 Å². The Morgan fingerprint density at radius 1 is 0.939 bits per heavy atom. The Morgan fingerprint density at radius 2 is 1.58 bits per heavy atom. The number of aromatic nitrogens is 2. The van der Waals surface area contributed by atoms with Gasteiger partial charge in [-0.15, -0.1) is 0 Å². The average Bonchev–Trinajstić information content (AvgIpc) is 2.82. The quantitative estimate of drug-likeness (QED) is 0.426. The fraction of sp³-hybridized carbons (Fsp3) is 0.192. The van der Waals surface area contributed by atoms with Crippen LogP contribution in [-0.4, -0.2) is 32.1 Å². The van der Waals surface area contributed by atoms with E-state index in [9.17, 15) is 14.7 Å². The van der Waals surface area contributed by atoms with Crippen molar-refractivity contribution >= 4 is 16.9 Å². The first-order valence-corrected chi connectivity index (χ1v) is 10.6. The van der Waals surface area contributed by atoms with Crippen LogP contribution in [0.15, 0.2) is 83.7 Å². The molecule has 1 aromatic heterocycles. The summed E-state index contributed by atoms with van der Waals surface area (Å²) in [5, 5.41) is 9.86. The van der Waals surface area contributed by atoms with Crippen molar-refractivity contribution in [1.82, 2.24) is 14.5 Å². The lowest BCUT2D eigenvalue weighted by Gasteiger charge is -2.20. The van der Waals surface area contributed by atoms with E-state index in [4.69, 9.17) is 4.74 Å². The molecule has 4 aromatic rings. The Morgan fingerprint density at radius 3 is 2.27 bits per heavy atom. The molecule has 0 saturated heterocycles. The predicted molar refractivity (Wildman–Crippen MR) is 126 cm³/mol. The Kier molecular flexibility index (Phi) is 6.80. The number of benzene rings is 3. The van der Waals surface area contributed by atoms with Gasteiger partial charge in [0.05, 0.1) is 17.4 Å². The molecule has 0 aliphatic heterocycles. The van der Waals surface area contributed by atoms with Crippen molar-refractivity contribution < 1.29 is 14.6 Å². The summed E-state index contributed by atoms with van der Waals surface area (Å²) < 4.78 is 7.37. The van der Waals surface area contributed by atoms with Gasteiger partial charge in [0.25, 0.3) is 5.56 Å². The molecule has 1 N–H and O–H groups in total. The van der Waals surface area contributed by atoms with Crippen LogP contribution < -0.4 is 10.3 Å². The lowest BCUT2D eigenvalue weighted by molar-refractivity contribution is -0.138. The maximum Gasteiger partial charge on any atom is 0.317 e. The minimum Gasteiger partial charge on any atom is -0.486 e. The molecule has 0 radical (unpaired) electrons. The first kappa shape index (κ1) is 22.2. The number of fused-ring (bicyclic) bond motifs is 1. The number of hydrogen-bond donors (Lipinski definition) is 1. The van der Waals surface area contributed by atoms with E-state index in [0.29, 0.717) is 35.6 Å². The van der Waals surface area contributed by atoms with E-state index >= 15 is 0 Å². The molecule has 0 atom stereocenters. The first-order chi connectivity index (χ1) is 16.0. The molecule has 0 aliphatic carbocycles. The zero-order chi connectivity index (χ0) is 23.2. The average molecular weight is 444 g/mol. The van der Waals surface area contributed by atoms with Crippen molar-refractivity contribution in [2.75, 3.05) is 6.54 Å².